The fourth-order valence-corrected chi connectivity index (χ4v) is 3.78. The number of ether oxygens (including phenoxy) is 1. The van der Waals surface area contributed by atoms with Crippen LogP contribution in [0.4, 0.5) is 5.69 Å². The highest BCUT2D eigenvalue weighted by Gasteiger charge is 2.25. The Balaban J connectivity index is 1.61. The average molecular weight is 394 g/mol. The van der Waals surface area contributed by atoms with Crippen LogP contribution in [0.25, 0.3) is 10.9 Å². The van der Waals surface area contributed by atoms with Crippen molar-refractivity contribution in [3.05, 3.63) is 47.2 Å². The maximum absolute atomic E-state index is 12.6. The van der Waals surface area contributed by atoms with Gasteiger partial charge in [-0.15, -0.1) is 0 Å². The number of H-pyrrole nitrogens is 1. The van der Waals surface area contributed by atoms with Crippen molar-refractivity contribution in [2.45, 2.75) is 27.3 Å². The Morgan fingerprint density at radius 2 is 2.00 bits per heavy atom. The van der Waals surface area contributed by atoms with Crippen LogP contribution in [0.3, 0.4) is 0 Å². The maximum atomic E-state index is 12.6. The molecule has 0 unspecified atom stereocenters. The van der Waals surface area contributed by atoms with Gasteiger partial charge >= 0.3 is 5.97 Å². The van der Waals surface area contributed by atoms with Crippen LogP contribution in [0.15, 0.2) is 24.4 Å². The van der Waals surface area contributed by atoms with Crippen LogP contribution in [0.1, 0.15) is 34.5 Å². The standard InChI is InChI=1S/C21H26N6O2/c1-4-29-21(28)17-12-22-18-6-5-14(2)11-16(18)20(17)27-9-7-26(8-10-27)13-19-23-15(3)24-25-19/h5-6,11-12H,4,7-10,13H2,1-3H3,(H,23,24,25). The number of pyridine rings is 1. The number of nitrogens with zero attached hydrogens (tertiary/aromatic N) is 5. The zero-order valence-electron chi connectivity index (χ0n) is 17.1. The molecule has 152 valence electrons. The van der Waals surface area contributed by atoms with E-state index in [0.717, 1.165) is 66.5 Å². The average Bonchev–Trinajstić information content (AvgIpc) is 3.12. The second kappa shape index (κ2) is 8.16. The lowest BCUT2D eigenvalue weighted by molar-refractivity contribution is 0.0526. The van der Waals surface area contributed by atoms with Gasteiger partial charge in [0.25, 0.3) is 0 Å². The van der Waals surface area contributed by atoms with E-state index < -0.39 is 0 Å². The number of piperazine rings is 1. The Morgan fingerprint density at radius 1 is 1.21 bits per heavy atom. The molecule has 2 aromatic heterocycles. The van der Waals surface area contributed by atoms with E-state index in [2.05, 4.69) is 43.0 Å². The first-order valence-electron chi connectivity index (χ1n) is 9.97. The molecular formula is C21H26N6O2. The summed E-state index contributed by atoms with van der Waals surface area (Å²) in [6.45, 7) is 10.2. The molecule has 0 saturated carbocycles. The van der Waals surface area contributed by atoms with Crippen molar-refractivity contribution in [3.63, 3.8) is 0 Å². The Labute approximate surface area is 169 Å². The molecule has 1 fully saturated rings. The second-order valence-corrected chi connectivity index (χ2v) is 7.36. The fraction of sp³-hybridized carbons (Fsp3) is 0.429. The molecule has 1 aliphatic rings. The summed E-state index contributed by atoms with van der Waals surface area (Å²) in [5.74, 6) is 1.32. The molecule has 1 saturated heterocycles. The Bertz CT molecular complexity index is 1020. The van der Waals surface area contributed by atoms with Crippen LogP contribution in [-0.2, 0) is 11.3 Å². The number of aryl methyl sites for hydroxylation is 2. The molecule has 0 atom stereocenters. The number of esters is 1. The van der Waals surface area contributed by atoms with Gasteiger partial charge in [0.1, 0.15) is 11.4 Å². The van der Waals surface area contributed by atoms with Crippen LogP contribution >= 0.6 is 0 Å². The van der Waals surface area contributed by atoms with E-state index in [0.29, 0.717) is 12.2 Å². The minimum atomic E-state index is -0.322. The lowest BCUT2D eigenvalue weighted by Gasteiger charge is -2.36. The van der Waals surface area contributed by atoms with E-state index in [4.69, 9.17) is 4.74 Å². The molecule has 8 heteroatoms. The number of benzene rings is 1. The van der Waals surface area contributed by atoms with Crippen LogP contribution in [0, 0.1) is 13.8 Å². The molecular weight excluding hydrogens is 368 g/mol. The van der Waals surface area contributed by atoms with Gasteiger partial charge in [0.15, 0.2) is 5.82 Å². The molecule has 0 amide bonds. The zero-order chi connectivity index (χ0) is 20.4. The third-order valence-corrected chi connectivity index (χ3v) is 5.19. The number of hydrogen-bond donors (Lipinski definition) is 1. The first-order chi connectivity index (χ1) is 14.0. The minimum Gasteiger partial charge on any atom is -0.462 e. The van der Waals surface area contributed by atoms with E-state index in [-0.39, 0.29) is 5.97 Å². The number of aromatic amines is 1. The van der Waals surface area contributed by atoms with Crippen LogP contribution in [0.2, 0.25) is 0 Å². The van der Waals surface area contributed by atoms with Crippen molar-refractivity contribution in [2.75, 3.05) is 37.7 Å². The van der Waals surface area contributed by atoms with Gasteiger partial charge < -0.3 is 9.64 Å². The summed E-state index contributed by atoms with van der Waals surface area (Å²) in [5.41, 5.74) is 3.48. The molecule has 8 nitrogen and oxygen atoms in total. The topological polar surface area (TPSA) is 87.2 Å². The van der Waals surface area contributed by atoms with Crippen LogP contribution in [-0.4, -0.2) is 63.8 Å². The number of anilines is 1. The number of fused-ring (bicyclic) bond motifs is 1. The van der Waals surface area contributed by atoms with Crippen molar-refractivity contribution in [3.8, 4) is 0 Å². The molecule has 3 heterocycles. The predicted octanol–water partition coefficient (Wildman–Crippen LogP) is 2.47. The van der Waals surface area contributed by atoms with E-state index in [1.165, 1.54) is 0 Å². The summed E-state index contributed by atoms with van der Waals surface area (Å²) < 4.78 is 5.30. The quantitative estimate of drug-likeness (QED) is 0.665. The lowest BCUT2D eigenvalue weighted by Crippen LogP contribution is -2.46. The molecule has 0 bridgehead atoms. The van der Waals surface area contributed by atoms with Gasteiger partial charge in [-0.1, -0.05) is 11.6 Å². The number of carbonyl (C=O) groups excluding carboxylic acids is 1. The van der Waals surface area contributed by atoms with E-state index >= 15 is 0 Å². The van der Waals surface area contributed by atoms with Gasteiger partial charge in [0, 0.05) is 37.8 Å². The highest BCUT2D eigenvalue weighted by Crippen LogP contribution is 2.32. The summed E-state index contributed by atoms with van der Waals surface area (Å²) in [5, 5.41) is 8.12. The summed E-state index contributed by atoms with van der Waals surface area (Å²) in [4.78, 5) is 26.1. The number of nitrogens with one attached hydrogen (secondary N) is 1. The third kappa shape index (κ3) is 4.07. The molecule has 1 N–H and O–H groups in total. The third-order valence-electron chi connectivity index (χ3n) is 5.19. The molecule has 4 rings (SSSR count). The Kier molecular flexibility index (Phi) is 5.44. The number of hydrogen-bond acceptors (Lipinski definition) is 7. The predicted molar refractivity (Wildman–Crippen MR) is 111 cm³/mol. The molecule has 1 aliphatic heterocycles. The number of carbonyl (C=O) groups is 1. The first-order valence-corrected chi connectivity index (χ1v) is 9.97. The van der Waals surface area contributed by atoms with Crippen LogP contribution in [0.5, 0.6) is 0 Å². The monoisotopic (exact) mass is 394 g/mol. The summed E-state index contributed by atoms with van der Waals surface area (Å²) in [7, 11) is 0. The maximum Gasteiger partial charge on any atom is 0.341 e. The van der Waals surface area contributed by atoms with Gasteiger partial charge in [0.2, 0.25) is 0 Å². The molecule has 3 aromatic rings. The number of aromatic nitrogens is 4. The molecule has 29 heavy (non-hydrogen) atoms. The highest BCUT2D eigenvalue weighted by atomic mass is 16.5. The second-order valence-electron chi connectivity index (χ2n) is 7.36. The van der Waals surface area contributed by atoms with Crippen molar-refractivity contribution in [2.24, 2.45) is 0 Å². The van der Waals surface area contributed by atoms with E-state index in [9.17, 15) is 4.79 Å². The smallest absolute Gasteiger partial charge is 0.341 e. The lowest BCUT2D eigenvalue weighted by atomic mass is 10.0. The first kappa shape index (κ1) is 19.3. The van der Waals surface area contributed by atoms with Crippen molar-refractivity contribution in [1.29, 1.82) is 0 Å². The summed E-state index contributed by atoms with van der Waals surface area (Å²) >= 11 is 0. The van der Waals surface area contributed by atoms with E-state index in [1.54, 1.807) is 6.20 Å². The number of rotatable bonds is 5. The van der Waals surface area contributed by atoms with Crippen molar-refractivity contribution < 1.29 is 9.53 Å². The van der Waals surface area contributed by atoms with Gasteiger partial charge in [-0.25, -0.2) is 9.78 Å². The molecule has 0 aliphatic carbocycles. The van der Waals surface area contributed by atoms with Crippen LogP contribution < -0.4 is 4.90 Å². The molecule has 0 spiro atoms. The summed E-state index contributed by atoms with van der Waals surface area (Å²) in [6.07, 6.45) is 1.65. The molecule has 0 radical (unpaired) electrons. The highest BCUT2D eigenvalue weighted by molar-refractivity contribution is 6.05. The van der Waals surface area contributed by atoms with Crippen molar-refractivity contribution >= 4 is 22.6 Å². The van der Waals surface area contributed by atoms with Gasteiger partial charge in [0.05, 0.1) is 24.4 Å². The largest absolute Gasteiger partial charge is 0.462 e. The fourth-order valence-electron chi connectivity index (χ4n) is 3.78. The van der Waals surface area contributed by atoms with Crippen molar-refractivity contribution in [1.82, 2.24) is 25.1 Å². The Hall–Kier alpha value is -3.00. The summed E-state index contributed by atoms with van der Waals surface area (Å²) in [6, 6.07) is 6.15. The van der Waals surface area contributed by atoms with Gasteiger partial charge in [-0.2, -0.15) is 5.10 Å². The minimum absolute atomic E-state index is 0.322. The van der Waals surface area contributed by atoms with E-state index in [1.807, 2.05) is 26.0 Å². The normalized spacial score (nSPS) is 15.1. The van der Waals surface area contributed by atoms with Gasteiger partial charge in [-0.3, -0.25) is 15.0 Å². The zero-order valence-corrected chi connectivity index (χ0v) is 17.1. The van der Waals surface area contributed by atoms with Gasteiger partial charge in [-0.05, 0) is 32.9 Å². The SMILES string of the molecule is CCOC(=O)c1cnc2ccc(C)cc2c1N1CCN(Cc2n[nH]c(C)n2)CC1. The Morgan fingerprint density at radius 3 is 2.69 bits per heavy atom. The molecule has 1 aromatic carbocycles.